The molecular weight excluding hydrogens is 268 g/mol. The summed E-state index contributed by atoms with van der Waals surface area (Å²) < 4.78 is 0. The zero-order valence-corrected chi connectivity index (χ0v) is 14.7. The number of ketones is 1. The third-order valence-electron chi connectivity index (χ3n) is 10.1. The molecule has 5 rings (SSSR count). The molecule has 0 aromatic carbocycles. The molecule has 1 nitrogen and oxygen atoms in total. The van der Waals surface area contributed by atoms with Crippen LogP contribution in [0.5, 0.6) is 0 Å². The predicted octanol–water partition coefficient (Wildman–Crippen LogP) is 5.23. The van der Waals surface area contributed by atoms with Gasteiger partial charge in [-0.05, 0) is 105 Å². The van der Waals surface area contributed by atoms with Crippen molar-refractivity contribution in [2.75, 3.05) is 0 Å². The smallest absolute Gasteiger partial charge is 0.133 e. The van der Waals surface area contributed by atoms with Crippen molar-refractivity contribution in [1.29, 1.82) is 0 Å². The minimum atomic E-state index is 0.343. The Bertz CT molecular complexity index is 538. The van der Waals surface area contributed by atoms with E-state index in [2.05, 4.69) is 13.8 Å². The standard InChI is InChI=1S/C21H32O/c1-13(22)16-4-5-17-15-7-11-21-12-14(21)6-10-20(21,3)18(15)8-9-19(16,17)2/h14-18H,4-12H2,1-3H3/t14-,15+,16+,17-,18-,19+,20-,21+/m1/s1. The number of Topliss-reactive ketones (excluding diaryl/α,β-unsaturated/α-hetero) is 1. The SMILES string of the molecule is CC(=O)[C@@H]1CC[C@@H]2[C@@H]3CC[C@]45C[C@H]4CC[C@]5(C)[C@@H]3CC[C@]21C. The molecule has 0 aromatic rings. The number of carbonyl (C=O) groups excluding carboxylic acids is 1. The molecule has 0 N–H and O–H groups in total. The van der Waals surface area contributed by atoms with Crippen molar-refractivity contribution in [1.82, 2.24) is 0 Å². The Morgan fingerprint density at radius 3 is 2.45 bits per heavy atom. The first-order valence-corrected chi connectivity index (χ1v) is 9.93. The summed E-state index contributed by atoms with van der Waals surface area (Å²) in [6.45, 7) is 7.01. The number of fused-ring (bicyclic) bond motifs is 4. The number of rotatable bonds is 1. The van der Waals surface area contributed by atoms with Gasteiger partial charge in [0.05, 0.1) is 0 Å². The van der Waals surface area contributed by atoms with E-state index in [0.717, 1.165) is 29.1 Å². The first-order valence-electron chi connectivity index (χ1n) is 9.93. The summed E-state index contributed by atoms with van der Waals surface area (Å²) in [7, 11) is 0. The zero-order chi connectivity index (χ0) is 15.3. The number of carbonyl (C=O) groups is 1. The highest BCUT2D eigenvalue weighted by Crippen LogP contribution is 2.81. The highest BCUT2D eigenvalue weighted by molar-refractivity contribution is 5.79. The largest absolute Gasteiger partial charge is 0.300 e. The van der Waals surface area contributed by atoms with Crippen molar-refractivity contribution in [3.05, 3.63) is 0 Å². The van der Waals surface area contributed by atoms with Crippen molar-refractivity contribution < 1.29 is 4.79 Å². The highest BCUT2D eigenvalue weighted by atomic mass is 16.1. The molecule has 5 saturated carbocycles. The molecule has 1 spiro atoms. The van der Waals surface area contributed by atoms with Crippen molar-refractivity contribution in [3.8, 4) is 0 Å². The van der Waals surface area contributed by atoms with E-state index in [1.807, 2.05) is 6.92 Å². The van der Waals surface area contributed by atoms with Crippen LogP contribution in [0.2, 0.25) is 0 Å². The van der Waals surface area contributed by atoms with Crippen LogP contribution >= 0.6 is 0 Å². The van der Waals surface area contributed by atoms with Crippen LogP contribution in [-0.4, -0.2) is 5.78 Å². The van der Waals surface area contributed by atoms with Gasteiger partial charge in [0.2, 0.25) is 0 Å². The summed E-state index contributed by atoms with van der Waals surface area (Å²) in [5.41, 5.74) is 1.78. The molecule has 0 bridgehead atoms. The van der Waals surface area contributed by atoms with Gasteiger partial charge in [-0.3, -0.25) is 4.79 Å². The third-order valence-corrected chi connectivity index (χ3v) is 10.1. The normalized spacial score (nSPS) is 61.9. The summed E-state index contributed by atoms with van der Waals surface area (Å²) >= 11 is 0. The molecule has 0 heterocycles. The predicted molar refractivity (Wildman–Crippen MR) is 88.3 cm³/mol. The fourth-order valence-corrected chi connectivity index (χ4v) is 8.90. The topological polar surface area (TPSA) is 17.1 Å². The molecule has 0 radical (unpaired) electrons. The van der Waals surface area contributed by atoms with Gasteiger partial charge in [-0.2, -0.15) is 0 Å². The molecule has 22 heavy (non-hydrogen) atoms. The van der Waals surface area contributed by atoms with Gasteiger partial charge in [0, 0.05) is 5.92 Å². The van der Waals surface area contributed by atoms with E-state index < -0.39 is 0 Å². The van der Waals surface area contributed by atoms with Crippen molar-refractivity contribution >= 4 is 5.78 Å². The van der Waals surface area contributed by atoms with Crippen LogP contribution in [0.3, 0.4) is 0 Å². The van der Waals surface area contributed by atoms with Gasteiger partial charge in [0.25, 0.3) is 0 Å². The van der Waals surface area contributed by atoms with E-state index in [0.29, 0.717) is 22.5 Å². The van der Waals surface area contributed by atoms with Crippen LogP contribution in [-0.2, 0) is 4.79 Å². The second kappa shape index (κ2) is 4.01. The Morgan fingerprint density at radius 2 is 1.73 bits per heavy atom. The average molecular weight is 300 g/mol. The number of hydrogen-bond acceptors (Lipinski definition) is 1. The van der Waals surface area contributed by atoms with Gasteiger partial charge < -0.3 is 0 Å². The number of hydrogen-bond donors (Lipinski definition) is 0. The summed E-state index contributed by atoms with van der Waals surface area (Å²) in [6, 6.07) is 0. The lowest BCUT2D eigenvalue weighted by atomic mass is 9.46. The first kappa shape index (κ1) is 14.1. The van der Waals surface area contributed by atoms with Crippen LogP contribution in [0.4, 0.5) is 0 Å². The van der Waals surface area contributed by atoms with Crippen LogP contribution < -0.4 is 0 Å². The Balaban J connectivity index is 1.49. The second-order valence-electron chi connectivity index (χ2n) is 10.2. The van der Waals surface area contributed by atoms with E-state index in [4.69, 9.17) is 0 Å². The summed E-state index contributed by atoms with van der Waals surface area (Å²) in [6.07, 6.45) is 12.9. The zero-order valence-electron chi connectivity index (χ0n) is 14.7. The molecule has 5 aliphatic carbocycles. The van der Waals surface area contributed by atoms with Crippen LogP contribution in [0.25, 0.3) is 0 Å². The van der Waals surface area contributed by atoms with Crippen molar-refractivity contribution in [3.63, 3.8) is 0 Å². The van der Waals surface area contributed by atoms with E-state index in [-0.39, 0.29) is 0 Å². The second-order valence-corrected chi connectivity index (χ2v) is 10.2. The molecule has 0 aliphatic heterocycles. The van der Waals surface area contributed by atoms with Gasteiger partial charge in [0.1, 0.15) is 5.78 Å². The van der Waals surface area contributed by atoms with E-state index in [9.17, 15) is 4.79 Å². The monoisotopic (exact) mass is 300 g/mol. The molecule has 122 valence electrons. The third kappa shape index (κ3) is 1.37. The molecule has 0 aromatic heterocycles. The van der Waals surface area contributed by atoms with Crippen LogP contribution in [0.1, 0.15) is 78.6 Å². The lowest BCUT2D eigenvalue weighted by molar-refractivity contribution is -0.131. The summed E-state index contributed by atoms with van der Waals surface area (Å²) in [5, 5.41) is 0. The van der Waals surface area contributed by atoms with Gasteiger partial charge >= 0.3 is 0 Å². The minimum Gasteiger partial charge on any atom is -0.300 e. The molecular formula is C21H32O. The van der Waals surface area contributed by atoms with Crippen LogP contribution in [0, 0.1) is 45.8 Å². The van der Waals surface area contributed by atoms with Crippen LogP contribution in [0.15, 0.2) is 0 Å². The maximum atomic E-state index is 12.2. The lowest BCUT2D eigenvalue weighted by Crippen LogP contribution is -2.52. The lowest BCUT2D eigenvalue weighted by Gasteiger charge is -2.58. The summed E-state index contributed by atoms with van der Waals surface area (Å²) in [4.78, 5) is 12.2. The Kier molecular flexibility index (Phi) is 2.56. The average Bonchev–Trinajstić information content (AvgIpc) is 2.94. The molecule has 0 amide bonds. The Morgan fingerprint density at radius 1 is 0.909 bits per heavy atom. The summed E-state index contributed by atoms with van der Waals surface area (Å²) in [5.74, 6) is 4.73. The quantitative estimate of drug-likeness (QED) is 0.647. The minimum absolute atomic E-state index is 0.343. The maximum Gasteiger partial charge on any atom is 0.133 e. The molecule has 1 heteroatoms. The fraction of sp³-hybridized carbons (Fsp3) is 0.952. The first-order chi connectivity index (χ1) is 10.4. The molecule has 0 saturated heterocycles. The fourth-order valence-electron chi connectivity index (χ4n) is 8.90. The van der Waals surface area contributed by atoms with Gasteiger partial charge in [-0.25, -0.2) is 0 Å². The van der Waals surface area contributed by atoms with Gasteiger partial charge in [-0.15, -0.1) is 0 Å². The maximum absolute atomic E-state index is 12.2. The van der Waals surface area contributed by atoms with E-state index in [1.54, 1.807) is 6.42 Å². The molecule has 8 atom stereocenters. The molecule has 0 unspecified atom stereocenters. The van der Waals surface area contributed by atoms with Gasteiger partial charge in [-0.1, -0.05) is 13.8 Å². The highest BCUT2D eigenvalue weighted by Gasteiger charge is 2.73. The Hall–Kier alpha value is -0.330. The Labute approximate surface area is 135 Å². The van der Waals surface area contributed by atoms with Gasteiger partial charge in [0.15, 0.2) is 0 Å². The van der Waals surface area contributed by atoms with E-state index in [1.165, 1.54) is 51.4 Å². The van der Waals surface area contributed by atoms with E-state index >= 15 is 0 Å². The van der Waals surface area contributed by atoms with Crippen molar-refractivity contribution in [2.45, 2.75) is 78.6 Å². The van der Waals surface area contributed by atoms with Crippen molar-refractivity contribution in [2.24, 2.45) is 45.8 Å². The molecule has 5 aliphatic rings. The molecule has 5 fully saturated rings.